The minimum atomic E-state index is -1.02. The normalized spacial score (nSPS) is 10.6. The molecular formula is C16H21F2NO4. The third-order valence-corrected chi connectivity index (χ3v) is 3.29. The molecule has 0 radical (unpaired) electrons. The lowest BCUT2D eigenvalue weighted by molar-refractivity contribution is -0.138. The molecule has 7 heteroatoms. The lowest BCUT2D eigenvalue weighted by atomic mass is 10.1. The van der Waals surface area contributed by atoms with Crippen LogP contribution in [0.3, 0.4) is 0 Å². The first-order valence-corrected chi connectivity index (χ1v) is 7.36. The summed E-state index contributed by atoms with van der Waals surface area (Å²) in [6.45, 7) is 0.622. The Kier molecular flexibility index (Phi) is 8.18. The van der Waals surface area contributed by atoms with Gasteiger partial charge in [0.15, 0.2) is 11.6 Å². The average molecular weight is 329 g/mol. The summed E-state index contributed by atoms with van der Waals surface area (Å²) < 4.78 is 31.1. The number of carboxylic acids is 1. The van der Waals surface area contributed by atoms with Gasteiger partial charge >= 0.3 is 5.97 Å². The summed E-state index contributed by atoms with van der Waals surface area (Å²) in [7, 11) is 1.57. The molecule has 128 valence electrons. The van der Waals surface area contributed by atoms with E-state index in [-0.39, 0.29) is 31.8 Å². The Morgan fingerprint density at radius 1 is 1.17 bits per heavy atom. The molecule has 5 nitrogen and oxygen atoms in total. The fourth-order valence-corrected chi connectivity index (χ4v) is 2.06. The van der Waals surface area contributed by atoms with Crippen LogP contribution in [0.25, 0.3) is 0 Å². The Balaban J connectivity index is 2.68. The number of unbranched alkanes of at least 4 members (excludes halogenated alkanes) is 1. The molecule has 1 aromatic rings. The predicted molar refractivity (Wildman–Crippen MR) is 79.8 cm³/mol. The molecule has 0 fully saturated rings. The second-order valence-electron chi connectivity index (χ2n) is 5.16. The van der Waals surface area contributed by atoms with Gasteiger partial charge in [-0.3, -0.25) is 9.59 Å². The first-order chi connectivity index (χ1) is 10.9. The van der Waals surface area contributed by atoms with Crippen LogP contribution in [0.15, 0.2) is 18.2 Å². The van der Waals surface area contributed by atoms with E-state index in [1.807, 2.05) is 0 Å². The van der Waals surface area contributed by atoms with Gasteiger partial charge in [-0.1, -0.05) is 6.07 Å². The van der Waals surface area contributed by atoms with Crippen LogP contribution in [-0.4, -0.2) is 42.1 Å². The maximum absolute atomic E-state index is 13.2. The minimum absolute atomic E-state index is 0.0252. The number of nitrogens with zero attached hydrogens (tertiary/aromatic N) is 1. The van der Waals surface area contributed by atoms with Gasteiger partial charge in [0, 0.05) is 33.2 Å². The van der Waals surface area contributed by atoms with Crippen molar-refractivity contribution in [1.82, 2.24) is 4.90 Å². The summed E-state index contributed by atoms with van der Waals surface area (Å²) in [5, 5.41) is 8.77. The Labute approximate surface area is 133 Å². The molecule has 1 aromatic carbocycles. The standard InChI is InChI=1S/C16H21F2NO4/c1-23-9-3-2-4-15(20)19(8-7-16(21)22)11-12-5-6-13(17)14(18)10-12/h5-6,10H,2-4,7-9,11H2,1H3,(H,21,22). The van der Waals surface area contributed by atoms with Crippen molar-refractivity contribution < 1.29 is 28.2 Å². The van der Waals surface area contributed by atoms with E-state index in [4.69, 9.17) is 9.84 Å². The number of hydrogen-bond acceptors (Lipinski definition) is 3. The second kappa shape index (κ2) is 9.89. The lowest BCUT2D eigenvalue weighted by Gasteiger charge is -2.22. The molecule has 0 atom stereocenters. The molecule has 1 amide bonds. The molecule has 0 aliphatic heterocycles. The van der Waals surface area contributed by atoms with E-state index < -0.39 is 17.6 Å². The first kappa shape index (κ1) is 19.0. The summed E-state index contributed by atoms with van der Waals surface area (Å²) in [4.78, 5) is 24.3. The largest absolute Gasteiger partial charge is 0.481 e. The van der Waals surface area contributed by atoms with Crippen LogP contribution in [0.4, 0.5) is 8.78 Å². The highest BCUT2D eigenvalue weighted by Crippen LogP contribution is 2.13. The summed E-state index contributed by atoms with van der Waals surface area (Å²) in [6, 6.07) is 3.38. The van der Waals surface area contributed by atoms with Gasteiger partial charge in [-0.2, -0.15) is 0 Å². The van der Waals surface area contributed by atoms with Crippen LogP contribution in [0, 0.1) is 11.6 Å². The van der Waals surface area contributed by atoms with Crippen LogP contribution < -0.4 is 0 Å². The van der Waals surface area contributed by atoms with Gasteiger partial charge in [0.2, 0.25) is 5.91 Å². The van der Waals surface area contributed by atoms with Crippen LogP contribution in [0.1, 0.15) is 31.2 Å². The third kappa shape index (κ3) is 7.19. The van der Waals surface area contributed by atoms with Crippen molar-refractivity contribution in [3.8, 4) is 0 Å². The monoisotopic (exact) mass is 329 g/mol. The number of ether oxygens (including phenoxy) is 1. The van der Waals surface area contributed by atoms with Gasteiger partial charge in [0.25, 0.3) is 0 Å². The number of carboxylic acid groups (broad SMARTS) is 1. The predicted octanol–water partition coefficient (Wildman–Crippen LogP) is 2.58. The van der Waals surface area contributed by atoms with Gasteiger partial charge in [-0.05, 0) is 30.5 Å². The highest BCUT2D eigenvalue weighted by Gasteiger charge is 2.16. The number of methoxy groups -OCH3 is 1. The number of carbonyl (C=O) groups excluding carboxylic acids is 1. The fraction of sp³-hybridized carbons (Fsp3) is 0.500. The van der Waals surface area contributed by atoms with E-state index in [1.165, 1.54) is 11.0 Å². The van der Waals surface area contributed by atoms with Crippen LogP contribution in [0.2, 0.25) is 0 Å². The van der Waals surface area contributed by atoms with Crippen LogP contribution >= 0.6 is 0 Å². The Hall–Kier alpha value is -2.02. The van der Waals surface area contributed by atoms with Gasteiger partial charge in [0.05, 0.1) is 6.42 Å². The number of rotatable bonds is 10. The first-order valence-electron chi connectivity index (χ1n) is 7.36. The van der Waals surface area contributed by atoms with Crippen molar-refractivity contribution in [2.24, 2.45) is 0 Å². The topological polar surface area (TPSA) is 66.8 Å². The molecule has 0 aromatic heterocycles. The number of amides is 1. The SMILES string of the molecule is COCCCCC(=O)N(CCC(=O)O)Cc1ccc(F)c(F)c1. The van der Waals surface area contributed by atoms with Crippen molar-refractivity contribution in [2.75, 3.05) is 20.3 Å². The molecule has 0 heterocycles. The lowest BCUT2D eigenvalue weighted by Crippen LogP contribution is -2.32. The van der Waals surface area contributed by atoms with Crippen molar-refractivity contribution >= 4 is 11.9 Å². The number of hydrogen-bond donors (Lipinski definition) is 1. The number of aliphatic carboxylic acids is 1. The smallest absolute Gasteiger partial charge is 0.305 e. The van der Waals surface area contributed by atoms with E-state index in [2.05, 4.69) is 0 Å². The Bertz CT molecular complexity index is 537. The van der Waals surface area contributed by atoms with Crippen molar-refractivity contribution in [2.45, 2.75) is 32.2 Å². The van der Waals surface area contributed by atoms with Crippen molar-refractivity contribution in [3.63, 3.8) is 0 Å². The average Bonchev–Trinajstić information content (AvgIpc) is 2.51. The summed E-state index contributed by atoms with van der Waals surface area (Å²) in [5.74, 6) is -3.19. The molecule has 0 aliphatic carbocycles. The van der Waals surface area contributed by atoms with Crippen LogP contribution in [0.5, 0.6) is 0 Å². The molecule has 0 bridgehead atoms. The maximum atomic E-state index is 13.2. The highest BCUT2D eigenvalue weighted by molar-refractivity contribution is 5.77. The van der Waals surface area contributed by atoms with Crippen molar-refractivity contribution in [1.29, 1.82) is 0 Å². The zero-order valence-electron chi connectivity index (χ0n) is 13.1. The van der Waals surface area contributed by atoms with E-state index in [1.54, 1.807) is 7.11 Å². The molecule has 0 unspecified atom stereocenters. The zero-order valence-corrected chi connectivity index (χ0v) is 13.1. The molecule has 0 saturated heterocycles. The van der Waals surface area contributed by atoms with Gasteiger partial charge in [0.1, 0.15) is 0 Å². The van der Waals surface area contributed by atoms with E-state index in [0.29, 0.717) is 18.6 Å². The highest BCUT2D eigenvalue weighted by atomic mass is 19.2. The van der Waals surface area contributed by atoms with Crippen LogP contribution in [-0.2, 0) is 20.9 Å². The number of carbonyl (C=O) groups is 2. The molecule has 1 N–H and O–H groups in total. The van der Waals surface area contributed by atoms with E-state index >= 15 is 0 Å². The van der Waals surface area contributed by atoms with E-state index in [9.17, 15) is 18.4 Å². The van der Waals surface area contributed by atoms with Crippen molar-refractivity contribution in [3.05, 3.63) is 35.4 Å². The molecule has 0 aliphatic rings. The zero-order chi connectivity index (χ0) is 17.2. The second-order valence-corrected chi connectivity index (χ2v) is 5.16. The summed E-state index contributed by atoms with van der Waals surface area (Å²) in [5.41, 5.74) is 0.416. The van der Waals surface area contributed by atoms with Gasteiger partial charge in [-0.15, -0.1) is 0 Å². The van der Waals surface area contributed by atoms with E-state index in [0.717, 1.165) is 18.6 Å². The fourth-order valence-electron chi connectivity index (χ4n) is 2.06. The number of halogens is 2. The third-order valence-electron chi connectivity index (χ3n) is 3.29. The van der Waals surface area contributed by atoms with Gasteiger partial charge < -0.3 is 14.7 Å². The maximum Gasteiger partial charge on any atom is 0.305 e. The molecular weight excluding hydrogens is 308 g/mol. The molecule has 23 heavy (non-hydrogen) atoms. The quantitative estimate of drug-likeness (QED) is 0.670. The molecule has 1 rings (SSSR count). The van der Waals surface area contributed by atoms with Gasteiger partial charge in [-0.25, -0.2) is 8.78 Å². The minimum Gasteiger partial charge on any atom is -0.481 e. The Morgan fingerprint density at radius 3 is 2.52 bits per heavy atom. The number of benzene rings is 1. The summed E-state index contributed by atoms with van der Waals surface area (Å²) >= 11 is 0. The molecule has 0 saturated carbocycles. The summed E-state index contributed by atoms with van der Waals surface area (Å²) in [6.07, 6.45) is 1.40. The molecule has 0 spiro atoms. The Morgan fingerprint density at radius 2 is 1.91 bits per heavy atom.